The van der Waals surface area contributed by atoms with Gasteiger partial charge in [0.2, 0.25) is 11.8 Å². The van der Waals surface area contributed by atoms with Crippen LogP contribution in [-0.4, -0.2) is 77.7 Å². The molecule has 3 amide bonds. The highest BCUT2D eigenvalue weighted by Gasteiger charge is 2.73. The number of carbonyl (C=O) groups is 4. The first-order valence-electron chi connectivity index (χ1n) is 16.1. The minimum Gasteiger partial charge on any atom is -0.463 e. The number of rotatable bonds is 6. The third-order valence-electron chi connectivity index (χ3n) is 9.59. The van der Waals surface area contributed by atoms with E-state index in [1.54, 1.807) is 15.9 Å². The van der Waals surface area contributed by atoms with Crippen molar-refractivity contribution in [3.8, 4) is 0 Å². The Hall–Kier alpha value is -4.28. The quantitative estimate of drug-likeness (QED) is 0.286. The molecule has 2 fully saturated rings. The molecule has 46 heavy (non-hydrogen) atoms. The average molecular weight is 628 g/mol. The van der Waals surface area contributed by atoms with Crippen molar-refractivity contribution >= 4 is 29.4 Å². The lowest BCUT2D eigenvalue weighted by Gasteiger charge is -2.36. The molecule has 5 bridgehead atoms. The molecule has 0 saturated carbocycles. The van der Waals surface area contributed by atoms with Crippen LogP contribution >= 0.6 is 0 Å². The van der Waals surface area contributed by atoms with Crippen molar-refractivity contribution in [3.05, 3.63) is 89.5 Å². The van der Waals surface area contributed by atoms with Crippen molar-refractivity contribution in [2.24, 2.45) is 11.8 Å². The molecule has 6 rings (SSSR count). The van der Waals surface area contributed by atoms with Crippen molar-refractivity contribution in [2.45, 2.75) is 63.3 Å². The normalized spacial score (nSPS) is 30.4. The molecule has 2 N–H and O–H groups in total. The molecule has 0 unspecified atom stereocenters. The van der Waals surface area contributed by atoms with Crippen molar-refractivity contribution < 1.29 is 33.8 Å². The molecule has 4 aliphatic rings. The fourth-order valence-electron chi connectivity index (χ4n) is 7.47. The Morgan fingerprint density at radius 3 is 2.46 bits per heavy atom. The van der Waals surface area contributed by atoms with E-state index in [-0.39, 0.29) is 44.5 Å². The maximum atomic E-state index is 14.9. The number of aliphatic hydroxyl groups is 1. The van der Waals surface area contributed by atoms with Gasteiger partial charge in [-0.3, -0.25) is 19.2 Å². The fourth-order valence-corrected chi connectivity index (χ4v) is 7.47. The first kappa shape index (κ1) is 31.7. The zero-order chi connectivity index (χ0) is 32.4. The minimum atomic E-state index is -1.33. The predicted molar refractivity (Wildman–Crippen MR) is 170 cm³/mol. The largest absolute Gasteiger partial charge is 0.463 e. The number of nitrogens with one attached hydrogen (secondary N) is 1. The van der Waals surface area contributed by atoms with Crippen LogP contribution in [0, 0.1) is 25.7 Å². The second-order valence-corrected chi connectivity index (χ2v) is 12.5. The number of likely N-dealkylation sites (tertiary alicyclic amines) is 1. The summed E-state index contributed by atoms with van der Waals surface area (Å²) in [5, 5.41) is 12.6. The molecule has 10 nitrogen and oxygen atoms in total. The molecular formula is C36H41N3O7. The SMILES string of the molecule is Cc1cccc(C)c1N1C/C=C\CCC(=O)OC[C@H](c2ccccc2)NC(=O)[C@@H]2[C@H]3C(=O)N(CCCCO)[C@H](C1=O)[C@]31C=C[C@H]2O1. The van der Waals surface area contributed by atoms with E-state index in [1.165, 1.54) is 0 Å². The average Bonchev–Trinajstić information content (AvgIpc) is 3.69. The molecular weight excluding hydrogens is 586 g/mol. The number of esters is 1. The van der Waals surface area contributed by atoms with Crippen molar-refractivity contribution in [1.82, 2.24) is 10.2 Å². The van der Waals surface area contributed by atoms with E-state index < -0.39 is 47.5 Å². The first-order valence-corrected chi connectivity index (χ1v) is 16.1. The Morgan fingerprint density at radius 1 is 0.957 bits per heavy atom. The fraction of sp³-hybridized carbons (Fsp3) is 0.444. The summed E-state index contributed by atoms with van der Waals surface area (Å²) in [6, 6.07) is 13.4. The number of aliphatic hydroxyl groups excluding tert-OH is 1. The van der Waals surface area contributed by atoms with Gasteiger partial charge in [0.1, 0.15) is 18.2 Å². The van der Waals surface area contributed by atoms with E-state index in [0.29, 0.717) is 19.3 Å². The van der Waals surface area contributed by atoms with Gasteiger partial charge in [-0.2, -0.15) is 0 Å². The number of anilines is 1. The van der Waals surface area contributed by atoms with Crippen molar-refractivity contribution in [2.75, 3.05) is 31.2 Å². The monoisotopic (exact) mass is 627 g/mol. The second kappa shape index (κ2) is 13.2. The number of nitrogens with zero attached hydrogens (tertiary/aromatic N) is 2. The molecule has 2 saturated heterocycles. The number of hydrogen-bond acceptors (Lipinski definition) is 7. The summed E-state index contributed by atoms with van der Waals surface area (Å²) in [4.78, 5) is 59.5. The summed E-state index contributed by atoms with van der Waals surface area (Å²) in [5.41, 5.74) is 1.97. The van der Waals surface area contributed by atoms with E-state index >= 15 is 0 Å². The Balaban J connectivity index is 1.44. The van der Waals surface area contributed by atoms with Gasteiger partial charge in [-0.15, -0.1) is 0 Å². The minimum absolute atomic E-state index is 0.0382. The molecule has 2 aromatic rings. The van der Waals surface area contributed by atoms with Gasteiger partial charge < -0.3 is 29.7 Å². The summed E-state index contributed by atoms with van der Waals surface area (Å²) < 4.78 is 12.2. The highest BCUT2D eigenvalue weighted by atomic mass is 16.5. The third kappa shape index (κ3) is 5.64. The zero-order valence-corrected chi connectivity index (χ0v) is 26.3. The van der Waals surface area contributed by atoms with Crippen molar-refractivity contribution in [3.63, 3.8) is 0 Å². The summed E-state index contributed by atoms with van der Waals surface area (Å²) in [7, 11) is 0. The van der Waals surface area contributed by atoms with E-state index in [2.05, 4.69) is 5.32 Å². The standard InChI is InChI=1S/C36H41N3O7/c1-23-12-11-13-24(2)31(23)38-19-8-4-7-16-28(41)45-22-26(25-14-5-3-6-15-25)37-33(42)29-27-17-18-36(46-27)30(29)34(43)39(20-9-10-21-40)32(36)35(38)44/h3-6,8,11-15,17-18,26-27,29-30,32,40H,7,9-10,16,19-22H2,1-2H3,(H,37,42)/b8-4-/t26-,27-,29+,30+,32-,36+/m1/s1. The number of para-hydroxylation sites is 1. The summed E-state index contributed by atoms with van der Waals surface area (Å²) in [6.45, 7) is 4.23. The van der Waals surface area contributed by atoms with Crippen LogP contribution in [0.3, 0.4) is 0 Å². The number of amides is 3. The Kier molecular flexibility index (Phi) is 9.11. The number of unbranched alkanes of at least 4 members (excludes halogenated alkanes) is 1. The number of benzene rings is 2. The third-order valence-corrected chi connectivity index (χ3v) is 9.59. The van der Waals surface area contributed by atoms with E-state index in [0.717, 1.165) is 22.4 Å². The smallest absolute Gasteiger partial charge is 0.306 e. The van der Waals surface area contributed by atoms with Crippen LogP contribution in [0.1, 0.15) is 48.4 Å². The van der Waals surface area contributed by atoms with Crippen LogP contribution in [-0.2, 0) is 28.7 Å². The first-order chi connectivity index (χ1) is 22.3. The molecule has 10 heteroatoms. The van der Waals surface area contributed by atoms with E-state index in [4.69, 9.17) is 9.47 Å². The van der Waals surface area contributed by atoms with Crippen LogP contribution in [0.5, 0.6) is 0 Å². The number of hydrogen-bond donors (Lipinski definition) is 2. The number of cyclic esters (lactones) is 1. The van der Waals surface area contributed by atoms with Crippen LogP contribution in [0.4, 0.5) is 5.69 Å². The molecule has 0 aliphatic carbocycles. The van der Waals surface area contributed by atoms with Crippen LogP contribution in [0.15, 0.2) is 72.8 Å². The molecule has 4 heterocycles. The lowest BCUT2D eigenvalue weighted by molar-refractivity contribution is -0.145. The highest BCUT2D eigenvalue weighted by Crippen LogP contribution is 2.55. The molecule has 4 aliphatic heterocycles. The summed E-state index contributed by atoms with van der Waals surface area (Å²) in [6.07, 6.45) is 8.13. The molecule has 1 spiro atoms. The van der Waals surface area contributed by atoms with Gasteiger partial charge in [0.25, 0.3) is 5.91 Å². The van der Waals surface area contributed by atoms with Gasteiger partial charge in [-0.05, 0) is 49.8 Å². The number of fused-ring (bicyclic) bond motifs is 2. The van der Waals surface area contributed by atoms with Crippen molar-refractivity contribution in [1.29, 1.82) is 0 Å². The molecule has 0 radical (unpaired) electrons. The number of carbonyl (C=O) groups excluding carboxylic acids is 4. The van der Waals surface area contributed by atoms with Gasteiger partial charge in [0.15, 0.2) is 0 Å². The maximum absolute atomic E-state index is 14.9. The summed E-state index contributed by atoms with van der Waals surface area (Å²) >= 11 is 0. The zero-order valence-electron chi connectivity index (χ0n) is 26.3. The van der Waals surface area contributed by atoms with Gasteiger partial charge in [-0.25, -0.2) is 0 Å². The van der Waals surface area contributed by atoms with Crippen LogP contribution in [0.2, 0.25) is 0 Å². The molecule has 6 atom stereocenters. The van der Waals surface area contributed by atoms with E-state index in [9.17, 15) is 24.3 Å². The lowest BCUT2D eigenvalue weighted by Crippen LogP contribution is -2.56. The van der Waals surface area contributed by atoms with Crippen LogP contribution in [0.25, 0.3) is 0 Å². The Bertz CT molecular complexity index is 1540. The lowest BCUT2D eigenvalue weighted by atomic mass is 9.74. The molecule has 0 aromatic heterocycles. The number of ether oxygens (including phenoxy) is 2. The predicted octanol–water partition coefficient (Wildman–Crippen LogP) is 3.31. The van der Waals surface area contributed by atoms with E-state index in [1.807, 2.05) is 80.6 Å². The second-order valence-electron chi connectivity index (χ2n) is 12.5. The molecule has 2 aromatic carbocycles. The Labute approximate surface area is 269 Å². The van der Waals surface area contributed by atoms with Gasteiger partial charge in [-0.1, -0.05) is 72.8 Å². The van der Waals surface area contributed by atoms with Gasteiger partial charge in [0.05, 0.1) is 24.0 Å². The number of allylic oxidation sites excluding steroid dienone is 1. The van der Waals surface area contributed by atoms with Crippen LogP contribution < -0.4 is 10.2 Å². The summed E-state index contributed by atoms with van der Waals surface area (Å²) in [5.74, 6) is -3.23. The molecule has 242 valence electrons. The Morgan fingerprint density at radius 2 is 1.72 bits per heavy atom. The maximum Gasteiger partial charge on any atom is 0.306 e. The number of aryl methyl sites for hydroxylation is 2. The highest BCUT2D eigenvalue weighted by molar-refractivity contribution is 6.06. The van der Waals surface area contributed by atoms with Gasteiger partial charge in [0, 0.05) is 31.8 Å². The topological polar surface area (TPSA) is 125 Å². The van der Waals surface area contributed by atoms with Gasteiger partial charge >= 0.3 is 5.97 Å².